The van der Waals surface area contributed by atoms with Gasteiger partial charge >= 0.3 is 0 Å². The summed E-state index contributed by atoms with van der Waals surface area (Å²) in [6.45, 7) is 2.79. The molecule has 1 unspecified atom stereocenters. The Kier molecular flexibility index (Phi) is 9.16. The molecule has 7 heteroatoms. The number of alkyl halides is 1. The highest BCUT2D eigenvalue weighted by atomic mass is 35.5. The lowest BCUT2D eigenvalue weighted by atomic mass is 9.93. The smallest absolute Gasteiger partial charge is 0.245 e. The van der Waals surface area contributed by atoms with Gasteiger partial charge in [-0.3, -0.25) is 9.59 Å². The van der Waals surface area contributed by atoms with Crippen LogP contribution in [0.1, 0.15) is 59.0 Å². The Balaban J connectivity index is 1.58. The molecule has 1 fully saturated rings. The number of carbonyl (C=O) groups excluding carboxylic acids is 2. The van der Waals surface area contributed by atoms with Crippen molar-refractivity contribution < 1.29 is 14.0 Å². The molecule has 190 valence electrons. The second-order valence-corrected chi connectivity index (χ2v) is 10.9. The predicted molar refractivity (Wildman–Crippen MR) is 143 cm³/mol. The fourth-order valence-corrected chi connectivity index (χ4v) is 5.91. The molecule has 0 saturated heterocycles. The highest BCUT2D eigenvalue weighted by Crippen LogP contribution is 2.29. The minimum atomic E-state index is -0.842. The molecule has 0 bridgehead atoms. The van der Waals surface area contributed by atoms with Crippen molar-refractivity contribution in [2.45, 2.75) is 63.5 Å². The van der Waals surface area contributed by atoms with Crippen LogP contribution in [-0.2, 0) is 22.7 Å². The maximum atomic E-state index is 13.8. The Bertz CT molecular complexity index is 1150. The van der Waals surface area contributed by atoms with Gasteiger partial charge in [0.05, 0.1) is 6.54 Å². The number of aryl methyl sites for hydroxylation is 1. The first-order valence-electron chi connectivity index (χ1n) is 12.5. The summed E-state index contributed by atoms with van der Waals surface area (Å²) in [5.41, 5.74) is 2.70. The van der Waals surface area contributed by atoms with Crippen molar-refractivity contribution >= 4 is 34.8 Å². The van der Waals surface area contributed by atoms with Gasteiger partial charge in [-0.2, -0.15) is 0 Å². The number of carbonyl (C=O) groups is 2. The molecular formula is C29H32ClFN2O2S. The van der Waals surface area contributed by atoms with Crippen molar-refractivity contribution in [2.75, 3.05) is 6.54 Å². The molecule has 2 amide bonds. The van der Waals surface area contributed by atoms with Gasteiger partial charge in [-0.05, 0) is 60.0 Å². The van der Waals surface area contributed by atoms with Crippen molar-refractivity contribution in [3.8, 4) is 0 Å². The Morgan fingerprint density at radius 1 is 1.00 bits per heavy atom. The molecule has 4 rings (SSSR count). The van der Waals surface area contributed by atoms with Gasteiger partial charge in [-0.15, -0.1) is 22.9 Å². The first-order chi connectivity index (χ1) is 17.4. The van der Waals surface area contributed by atoms with E-state index in [0.717, 1.165) is 53.7 Å². The number of thiophene rings is 1. The van der Waals surface area contributed by atoms with Gasteiger partial charge in [0.1, 0.15) is 17.7 Å². The quantitative estimate of drug-likeness (QED) is 0.285. The number of hydrogen-bond donors (Lipinski definition) is 0. The normalized spacial score (nSPS) is 14.9. The number of halogens is 2. The van der Waals surface area contributed by atoms with Crippen LogP contribution >= 0.6 is 22.9 Å². The van der Waals surface area contributed by atoms with Gasteiger partial charge in [-0.25, -0.2) is 4.39 Å². The van der Waals surface area contributed by atoms with Crippen LogP contribution in [-0.4, -0.2) is 34.2 Å². The van der Waals surface area contributed by atoms with Gasteiger partial charge < -0.3 is 9.80 Å². The summed E-state index contributed by atoms with van der Waals surface area (Å²) in [5, 5.41) is 1.17. The van der Waals surface area contributed by atoms with Gasteiger partial charge in [0.2, 0.25) is 11.8 Å². The molecule has 1 aromatic heterocycles. The van der Waals surface area contributed by atoms with Gasteiger partial charge in [0, 0.05) is 17.5 Å². The molecule has 1 heterocycles. The van der Waals surface area contributed by atoms with Crippen LogP contribution in [0.25, 0.3) is 0 Å². The molecule has 0 aliphatic heterocycles. The van der Waals surface area contributed by atoms with Gasteiger partial charge in [0.15, 0.2) is 0 Å². The van der Waals surface area contributed by atoms with E-state index in [1.165, 1.54) is 12.1 Å². The second-order valence-electron chi connectivity index (χ2n) is 9.43. The van der Waals surface area contributed by atoms with E-state index >= 15 is 0 Å². The average Bonchev–Trinajstić information content (AvgIpc) is 3.32. The molecule has 1 aliphatic rings. The highest BCUT2D eigenvalue weighted by Gasteiger charge is 2.33. The van der Waals surface area contributed by atoms with Crippen molar-refractivity contribution in [2.24, 2.45) is 0 Å². The fraction of sp³-hybridized carbons (Fsp3) is 0.379. The Labute approximate surface area is 221 Å². The molecule has 1 aliphatic carbocycles. The zero-order valence-corrected chi connectivity index (χ0v) is 22.1. The summed E-state index contributed by atoms with van der Waals surface area (Å²) in [5.74, 6) is -0.672. The van der Waals surface area contributed by atoms with E-state index in [1.807, 2.05) is 48.7 Å². The maximum absolute atomic E-state index is 13.8. The number of amides is 2. The van der Waals surface area contributed by atoms with E-state index < -0.39 is 5.38 Å². The second kappa shape index (κ2) is 12.5. The first kappa shape index (κ1) is 26.4. The molecule has 3 aromatic rings. The number of rotatable bonds is 9. The molecule has 0 radical (unpaired) electrons. The summed E-state index contributed by atoms with van der Waals surface area (Å²) in [6, 6.07) is 17.6. The van der Waals surface area contributed by atoms with Crippen LogP contribution in [0, 0.1) is 12.7 Å². The van der Waals surface area contributed by atoms with Crippen LogP contribution in [0.5, 0.6) is 0 Å². The summed E-state index contributed by atoms with van der Waals surface area (Å²) >= 11 is 8.27. The molecule has 36 heavy (non-hydrogen) atoms. The number of benzene rings is 2. The lowest BCUT2D eigenvalue weighted by Crippen LogP contribution is -2.49. The summed E-state index contributed by atoms with van der Waals surface area (Å²) in [7, 11) is 0. The number of hydrogen-bond acceptors (Lipinski definition) is 3. The Morgan fingerprint density at radius 3 is 2.33 bits per heavy atom. The third-order valence-corrected chi connectivity index (χ3v) is 8.30. The van der Waals surface area contributed by atoms with E-state index in [9.17, 15) is 14.0 Å². The van der Waals surface area contributed by atoms with E-state index in [4.69, 9.17) is 11.6 Å². The highest BCUT2D eigenvalue weighted by molar-refractivity contribution is 7.10. The number of nitrogens with zero attached hydrogens (tertiary/aromatic N) is 2. The van der Waals surface area contributed by atoms with E-state index in [-0.39, 0.29) is 30.2 Å². The lowest BCUT2D eigenvalue weighted by Gasteiger charge is -2.36. The molecule has 1 saturated carbocycles. The topological polar surface area (TPSA) is 40.6 Å². The lowest BCUT2D eigenvalue weighted by molar-refractivity contribution is -0.143. The largest absolute Gasteiger partial charge is 0.332 e. The van der Waals surface area contributed by atoms with Crippen LogP contribution < -0.4 is 0 Å². The molecule has 4 nitrogen and oxygen atoms in total. The summed E-state index contributed by atoms with van der Waals surface area (Å²) in [4.78, 5) is 32.0. The SMILES string of the molecule is Cc1ccsc1CN(Cc1ccc(F)cc1)C(=O)CN(C(=O)C(Cl)c1ccccc1)C1CCCCC1. The standard InChI is InChI=1S/C29H32ClFN2O2S/c1-21-16-17-36-26(21)19-32(18-22-12-14-24(31)15-13-22)27(34)20-33(25-10-6-3-7-11-25)29(35)28(30)23-8-4-2-5-9-23/h2,4-5,8-9,12-17,25,28H,3,6-7,10-11,18-20H2,1H3. The molecule has 1 atom stereocenters. The van der Waals surface area contributed by atoms with Gasteiger partial charge in [-0.1, -0.05) is 61.7 Å². The van der Waals surface area contributed by atoms with Crippen LogP contribution in [0.2, 0.25) is 0 Å². The molecule has 0 N–H and O–H groups in total. The first-order valence-corrected chi connectivity index (χ1v) is 13.8. The zero-order valence-electron chi connectivity index (χ0n) is 20.5. The molecule has 2 aromatic carbocycles. The summed E-state index contributed by atoms with van der Waals surface area (Å²) in [6.07, 6.45) is 4.96. The third kappa shape index (κ3) is 6.74. The van der Waals surface area contributed by atoms with Crippen molar-refractivity contribution in [3.63, 3.8) is 0 Å². The fourth-order valence-electron chi connectivity index (χ4n) is 4.72. The molecular weight excluding hydrogens is 495 g/mol. The van der Waals surface area contributed by atoms with Crippen LogP contribution in [0.4, 0.5) is 4.39 Å². The maximum Gasteiger partial charge on any atom is 0.245 e. The monoisotopic (exact) mass is 526 g/mol. The van der Waals surface area contributed by atoms with Gasteiger partial charge in [0.25, 0.3) is 0 Å². The Morgan fingerprint density at radius 2 is 1.69 bits per heavy atom. The average molecular weight is 527 g/mol. The third-order valence-electron chi connectivity index (χ3n) is 6.86. The minimum Gasteiger partial charge on any atom is -0.332 e. The van der Waals surface area contributed by atoms with E-state index in [1.54, 1.807) is 33.3 Å². The van der Waals surface area contributed by atoms with Crippen molar-refractivity contribution in [1.82, 2.24) is 9.80 Å². The van der Waals surface area contributed by atoms with Crippen LogP contribution in [0.3, 0.4) is 0 Å². The minimum absolute atomic E-state index is 0.00342. The summed E-state index contributed by atoms with van der Waals surface area (Å²) < 4.78 is 13.5. The van der Waals surface area contributed by atoms with Crippen molar-refractivity contribution in [1.29, 1.82) is 0 Å². The molecule has 0 spiro atoms. The zero-order chi connectivity index (χ0) is 25.5. The van der Waals surface area contributed by atoms with Crippen molar-refractivity contribution in [3.05, 3.63) is 93.4 Å². The van der Waals surface area contributed by atoms with Crippen LogP contribution in [0.15, 0.2) is 66.0 Å². The van der Waals surface area contributed by atoms with E-state index in [0.29, 0.717) is 13.1 Å². The van der Waals surface area contributed by atoms with E-state index in [2.05, 4.69) is 0 Å². The predicted octanol–water partition coefficient (Wildman–Crippen LogP) is 6.87. The Hall–Kier alpha value is -2.70.